The molecule has 1 nitrogen and oxygen atoms in total. The summed E-state index contributed by atoms with van der Waals surface area (Å²) in [5.74, 6) is 3.74. The van der Waals surface area contributed by atoms with Crippen LogP contribution in [-0.4, -0.2) is 11.7 Å². The van der Waals surface area contributed by atoms with Crippen LogP contribution in [0.2, 0.25) is 0 Å². The smallest absolute Gasteiger partial charge is 0.0473 e. The standard InChI is InChI=1S/C30H46O/c1-20-18-23-28(4,26-25(20)27(26,2)3)22(21-10-6-5-7-11-21)12-15-30(23)17-16-29(24(30)19-31)13-8-9-14-29/h18,21-22,24-26,31H,1,5-17,19H2,2-4H3/t22-,24+,25-,26+,28-,30-/m1/s1. The maximum Gasteiger partial charge on any atom is 0.0473 e. The molecule has 172 valence electrons. The van der Waals surface area contributed by atoms with Crippen molar-refractivity contribution in [1.82, 2.24) is 0 Å². The van der Waals surface area contributed by atoms with Crippen LogP contribution in [0.4, 0.5) is 0 Å². The molecule has 0 aromatic carbocycles. The number of rotatable bonds is 2. The third-order valence-electron chi connectivity index (χ3n) is 12.5. The molecule has 1 heteroatoms. The molecule has 0 aromatic rings. The summed E-state index contributed by atoms with van der Waals surface area (Å²) in [6.07, 6.45) is 20.9. The van der Waals surface area contributed by atoms with E-state index in [0.717, 1.165) is 17.8 Å². The maximum absolute atomic E-state index is 10.9. The minimum Gasteiger partial charge on any atom is -0.396 e. The fraction of sp³-hybridized carbons (Fsp3) is 0.867. The number of aliphatic hydroxyl groups excluding tert-OH is 1. The quantitative estimate of drug-likeness (QED) is 0.483. The van der Waals surface area contributed by atoms with Gasteiger partial charge in [0.1, 0.15) is 0 Å². The predicted molar refractivity (Wildman–Crippen MR) is 129 cm³/mol. The second-order valence-electron chi connectivity index (χ2n) is 13.7. The number of allylic oxidation sites excluding steroid dienone is 3. The van der Waals surface area contributed by atoms with Crippen LogP contribution >= 0.6 is 0 Å². The van der Waals surface area contributed by atoms with Crippen LogP contribution in [0.1, 0.15) is 104 Å². The van der Waals surface area contributed by atoms with E-state index in [2.05, 4.69) is 33.4 Å². The lowest BCUT2D eigenvalue weighted by Crippen LogP contribution is -2.52. The highest BCUT2D eigenvalue weighted by molar-refractivity contribution is 5.48. The predicted octanol–water partition coefficient (Wildman–Crippen LogP) is 7.70. The molecule has 0 radical (unpaired) electrons. The lowest BCUT2D eigenvalue weighted by molar-refractivity contribution is -0.0300. The van der Waals surface area contributed by atoms with Crippen LogP contribution in [0.15, 0.2) is 23.8 Å². The van der Waals surface area contributed by atoms with E-state index in [4.69, 9.17) is 0 Å². The summed E-state index contributed by atoms with van der Waals surface area (Å²) in [4.78, 5) is 0. The van der Waals surface area contributed by atoms with E-state index < -0.39 is 0 Å². The molecule has 0 aliphatic heterocycles. The van der Waals surface area contributed by atoms with Crippen molar-refractivity contribution < 1.29 is 5.11 Å². The third-order valence-corrected chi connectivity index (χ3v) is 12.5. The minimum absolute atomic E-state index is 0.256. The summed E-state index contributed by atoms with van der Waals surface area (Å²) < 4.78 is 0. The first-order valence-corrected chi connectivity index (χ1v) is 13.8. The Morgan fingerprint density at radius 1 is 0.903 bits per heavy atom. The van der Waals surface area contributed by atoms with Gasteiger partial charge in [-0.05, 0) is 89.8 Å². The first kappa shape index (κ1) is 21.0. The second-order valence-corrected chi connectivity index (χ2v) is 13.7. The summed E-state index contributed by atoms with van der Waals surface area (Å²) in [6.45, 7) is 12.8. The van der Waals surface area contributed by atoms with Gasteiger partial charge in [0.2, 0.25) is 0 Å². The monoisotopic (exact) mass is 422 g/mol. The molecule has 0 unspecified atom stereocenters. The Hall–Kier alpha value is -0.560. The van der Waals surface area contributed by atoms with Crippen LogP contribution in [0.5, 0.6) is 0 Å². The normalized spacial score (nSPS) is 48.0. The highest BCUT2D eigenvalue weighted by atomic mass is 16.3. The molecule has 2 spiro atoms. The fourth-order valence-electron chi connectivity index (χ4n) is 11.3. The number of aliphatic hydroxyl groups is 1. The van der Waals surface area contributed by atoms with Gasteiger partial charge in [0.05, 0.1) is 0 Å². The first-order chi connectivity index (χ1) is 14.8. The van der Waals surface area contributed by atoms with Crippen molar-refractivity contribution in [2.75, 3.05) is 6.61 Å². The van der Waals surface area contributed by atoms with Crippen molar-refractivity contribution in [2.45, 2.75) is 104 Å². The van der Waals surface area contributed by atoms with E-state index in [1.165, 1.54) is 89.0 Å². The van der Waals surface area contributed by atoms with Gasteiger partial charge < -0.3 is 5.11 Å². The molecule has 0 aromatic heterocycles. The summed E-state index contributed by atoms with van der Waals surface area (Å²) in [6, 6.07) is 0. The Balaban J connectivity index is 1.47. The molecule has 0 heterocycles. The molecule has 0 amide bonds. The van der Waals surface area contributed by atoms with Crippen molar-refractivity contribution in [2.24, 2.45) is 51.2 Å². The van der Waals surface area contributed by atoms with Gasteiger partial charge in [-0.25, -0.2) is 0 Å². The lowest BCUT2D eigenvalue weighted by atomic mass is 9.45. The van der Waals surface area contributed by atoms with Crippen LogP contribution < -0.4 is 0 Å². The molecule has 6 aliphatic carbocycles. The summed E-state index contributed by atoms with van der Waals surface area (Å²) in [5, 5.41) is 10.9. The van der Waals surface area contributed by atoms with Gasteiger partial charge >= 0.3 is 0 Å². The largest absolute Gasteiger partial charge is 0.396 e. The Morgan fingerprint density at radius 3 is 2.29 bits per heavy atom. The molecule has 5 saturated carbocycles. The van der Waals surface area contributed by atoms with E-state index in [1.54, 1.807) is 5.57 Å². The van der Waals surface area contributed by atoms with Gasteiger partial charge in [0.15, 0.2) is 0 Å². The number of hydrogen-bond acceptors (Lipinski definition) is 1. The van der Waals surface area contributed by atoms with E-state index in [0.29, 0.717) is 34.7 Å². The summed E-state index contributed by atoms with van der Waals surface area (Å²) in [5.41, 5.74) is 4.63. The highest BCUT2D eigenvalue weighted by Crippen LogP contribution is 2.81. The van der Waals surface area contributed by atoms with Crippen LogP contribution in [0.3, 0.4) is 0 Å². The van der Waals surface area contributed by atoms with Gasteiger partial charge in [0, 0.05) is 6.61 Å². The molecular formula is C30H46O. The Bertz CT molecular complexity index is 791. The topological polar surface area (TPSA) is 20.2 Å². The maximum atomic E-state index is 10.9. The van der Waals surface area contributed by atoms with Crippen LogP contribution in [0.25, 0.3) is 0 Å². The molecule has 0 bridgehead atoms. The fourth-order valence-corrected chi connectivity index (χ4v) is 11.3. The molecule has 5 fully saturated rings. The Morgan fingerprint density at radius 2 is 1.61 bits per heavy atom. The number of fused-ring (bicyclic) bond motifs is 4. The van der Waals surface area contributed by atoms with E-state index >= 15 is 0 Å². The molecular weight excluding hydrogens is 376 g/mol. The highest BCUT2D eigenvalue weighted by Gasteiger charge is 2.74. The van der Waals surface area contributed by atoms with Gasteiger partial charge in [-0.1, -0.05) is 89.5 Å². The zero-order valence-corrected chi connectivity index (χ0v) is 20.5. The lowest BCUT2D eigenvalue weighted by Gasteiger charge is -2.59. The van der Waals surface area contributed by atoms with Gasteiger partial charge in [0.25, 0.3) is 0 Å². The van der Waals surface area contributed by atoms with Crippen LogP contribution in [0, 0.1) is 51.2 Å². The molecule has 6 rings (SSSR count). The molecule has 6 atom stereocenters. The van der Waals surface area contributed by atoms with Crippen molar-refractivity contribution in [1.29, 1.82) is 0 Å². The SMILES string of the molecule is C=C1C=C2[C@@]3(CC[C@H](C4CCCCC4)[C@@]2(C)[C@H]2[C@@H]1C2(C)C)CCC1(CCCC1)[C@@H]3CO. The van der Waals surface area contributed by atoms with Gasteiger partial charge in [-0.15, -0.1) is 0 Å². The second kappa shape index (κ2) is 6.74. The average molecular weight is 423 g/mol. The molecule has 1 N–H and O–H groups in total. The molecule has 0 saturated heterocycles. The molecule has 31 heavy (non-hydrogen) atoms. The van der Waals surface area contributed by atoms with E-state index in [1.807, 2.05) is 0 Å². The third kappa shape index (κ3) is 2.54. The molecule has 6 aliphatic rings. The number of hydrogen-bond donors (Lipinski definition) is 1. The zero-order valence-electron chi connectivity index (χ0n) is 20.5. The van der Waals surface area contributed by atoms with Gasteiger partial charge in [-0.3, -0.25) is 0 Å². The summed E-state index contributed by atoms with van der Waals surface area (Å²) >= 11 is 0. The van der Waals surface area contributed by atoms with Crippen molar-refractivity contribution in [3.05, 3.63) is 23.8 Å². The van der Waals surface area contributed by atoms with Crippen molar-refractivity contribution in [3.8, 4) is 0 Å². The minimum atomic E-state index is 0.256. The van der Waals surface area contributed by atoms with Crippen molar-refractivity contribution >= 4 is 0 Å². The zero-order chi connectivity index (χ0) is 21.6. The van der Waals surface area contributed by atoms with Gasteiger partial charge in [-0.2, -0.15) is 0 Å². The van der Waals surface area contributed by atoms with E-state index in [-0.39, 0.29) is 5.41 Å². The average Bonchev–Trinajstić information content (AvgIpc) is 3.07. The Kier molecular flexibility index (Phi) is 4.57. The van der Waals surface area contributed by atoms with Crippen molar-refractivity contribution in [3.63, 3.8) is 0 Å². The van der Waals surface area contributed by atoms with E-state index in [9.17, 15) is 5.11 Å². The summed E-state index contributed by atoms with van der Waals surface area (Å²) in [7, 11) is 0. The Labute approximate surface area is 191 Å². The van der Waals surface area contributed by atoms with Crippen LogP contribution in [-0.2, 0) is 0 Å². The first-order valence-electron chi connectivity index (χ1n) is 13.8.